The van der Waals surface area contributed by atoms with Crippen LogP contribution < -0.4 is 0 Å². The van der Waals surface area contributed by atoms with Gasteiger partial charge in [0, 0.05) is 0 Å². The first-order valence-corrected chi connectivity index (χ1v) is 7.93. The van der Waals surface area contributed by atoms with Crippen LogP contribution in [-0.4, -0.2) is 25.2 Å². The van der Waals surface area contributed by atoms with E-state index in [-0.39, 0.29) is 22.0 Å². The van der Waals surface area contributed by atoms with E-state index < -0.39 is 11.9 Å². The molecule has 0 saturated carbocycles. The van der Waals surface area contributed by atoms with Crippen LogP contribution >= 0.6 is 0 Å². The van der Waals surface area contributed by atoms with Gasteiger partial charge < -0.3 is 9.47 Å². The fourth-order valence-corrected chi connectivity index (χ4v) is 1.73. The summed E-state index contributed by atoms with van der Waals surface area (Å²) >= 11 is 0. The van der Waals surface area contributed by atoms with E-state index in [1.165, 1.54) is 0 Å². The molecule has 0 aliphatic carbocycles. The summed E-state index contributed by atoms with van der Waals surface area (Å²) in [5.74, 6) is -0.985. The molecular formula is C19H28O4. The molecular weight excluding hydrogens is 292 g/mol. The second kappa shape index (κ2) is 7.62. The Balaban J connectivity index is 2.76. The molecule has 0 radical (unpaired) electrons. The third-order valence-electron chi connectivity index (χ3n) is 3.09. The van der Waals surface area contributed by atoms with Gasteiger partial charge in [-0.25, -0.2) is 9.59 Å². The maximum atomic E-state index is 12.2. The van der Waals surface area contributed by atoms with Crippen LogP contribution in [0.25, 0.3) is 0 Å². The average Bonchev–Trinajstić information content (AvgIpc) is 2.42. The van der Waals surface area contributed by atoms with Gasteiger partial charge in [0.25, 0.3) is 0 Å². The Bertz CT molecular complexity index is 547. The highest BCUT2D eigenvalue weighted by Crippen LogP contribution is 2.20. The van der Waals surface area contributed by atoms with E-state index in [1.54, 1.807) is 24.3 Å². The van der Waals surface area contributed by atoms with Gasteiger partial charge in [0.15, 0.2) is 0 Å². The van der Waals surface area contributed by atoms with Gasteiger partial charge in [-0.15, -0.1) is 0 Å². The average molecular weight is 320 g/mol. The van der Waals surface area contributed by atoms with E-state index in [2.05, 4.69) is 20.8 Å². The minimum Gasteiger partial charge on any atom is -0.462 e. The van der Waals surface area contributed by atoms with Gasteiger partial charge >= 0.3 is 11.9 Å². The Morgan fingerprint density at radius 1 is 0.826 bits per heavy atom. The molecule has 0 bridgehead atoms. The highest BCUT2D eigenvalue weighted by atomic mass is 16.5. The third-order valence-corrected chi connectivity index (χ3v) is 3.09. The topological polar surface area (TPSA) is 52.6 Å². The van der Waals surface area contributed by atoms with Crippen molar-refractivity contribution in [1.29, 1.82) is 0 Å². The maximum Gasteiger partial charge on any atom is 0.339 e. The zero-order valence-electron chi connectivity index (χ0n) is 15.1. The fraction of sp³-hybridized carbons (Fsp3) is 0.579. The number of esters is 2. The van der Waals surface area contributed by atoms with Crippen molar-refractivity contribution in [1.82, 2.24) is 0 Å². The highest BCUT2D eigenvalue weighted by molar-refractivity contribution is 6.03. The third kappa shape index (κ3) is 7.31. The lowest BCUT2D eigenvalue weighted by Crippen LogP contribution is -2.21. The summed E-state index contributed by atoms with van der Waals surface area (Å²) in [6, 6.07) is 6.60. The lowest BCUT2D eigenvalue weighted by atomic mass is 9.93. The largest absolute Gasteiger partial charge is 0.462 e. The Hall–Kier alpha value is -1.84. The second-order valence-electron chi connectivity index (χ2n) is 8.13. The quantitative estimate of drug-likeness (QED) is 0.750. The van der Waals surface area contributed by atoms with Crippen LogP contribution in [0.3, 0.4) is 0 Å². The number of carbonyl (C=O) groups is 2. The van der Waals surface area contributed by atoms with E-state index in [0.29, 0.717) is 13.2 Å². The predicted octanol–water partition coefficient (Wildman–Crippen LogP) is 4.48. The summed E-state index contributed by atoms with van der Waals surface area (Å²) in [4.78, 5) is 24.4. The summed E-state index contributed by atoms with van der Waals surface area (Å²) in [7, 11) is 0. The Kier molecular flexibility index (Phi) is 6.37. The molecule has 0 aliphatic rings. The van der Waals surface area contributed by atoms with Gasteiger partial charge in [-0.3, -0.25) is 0 Å². The molecule has 0 amide bonds. The molecule has 0 fully saturated rings. The SMILES string of the molecule is CC(C)(C)CCOC(=O)c1ccccc1C(=O)OCC(C)(C)C. The summed E-state index contributed by atoms with van der Waals surface area (Å²) in [6.45, 7) is 12.8. The number of rotatable bonds is 5. The summed E-state index contributed by atoms with van der Waals surface area (Å²) in [5.41, 5.74) is 0.460. The number of hydrogen-bond acceptors (Lipinski definition) is 4. The van der Waals surface area contributed by atoms with Crippen LogP contribution in [0.5, 0.6) is 0 Å². The van der Waals surface area contributed by atoms with Crippen molar-refractivity contribution < 1.29 is 19.1 Å². The number of ether oxygens (including phenoxy) is 2. The molecule has 0 N–H and O–H groups in total. The van der Waals surface area contributed by atoms with Crippen LogP contribution in [0.1, 0.15) is 68.7 Å². The van der Waals surface area contributed by atoms with Crippen LogP contribution in [0.2, 0.25) is 0 Å². The first-order valence-electron chi connectivity index (χ1n) is 7.93. The highest BCUT2D eigenvalue weighted by Gasteiger charge is 2.21. The molecule has 0 unspecified atom stereocenters. The minimum atomic E-state index is -0.497. The monoisotopic (exact) mass is 320 g/mol. The maximum absolute atomic E-state index is 12.2. The summed E-state index contributed by atoms with van der Waals surface area (Å²) < 4.78 is 10.6. The van der Waals surface area contributed by atoms with Crippen molar-refractivity contribution in [3.8, 4) is 0 Å². The number of hydrogen-bond donors (Lipinski definition) is 0. The molecule has 0 saturated heterocycles. The van der Waals surface area contributed by atoms with Gasteiger partial charge in [0.2, 0.25) is 0 Å². The Labute approximate surface area is 139 Å². The standard InChI is InChI=1S/C19H28O4/c1-18(2,3)11-12-22-16(20)14-9-7-8-10-15(14)17(21)23-13-19(4,5)6/h7-10H,11-13H2,1-6H3. The normalized spacial score (nSPS) is 11.9. The first-order chi connectivity index (χ1) is 10.5. The molecule has 0 aromatic heterocycles. The van der Waals surface area contributed by atoms with Gasteiger partial charge in [0.05, 0.1) is 24.3 Å². The van der Waals surface area contributed by atoms with Crippen molar-refractivity contribution in [2.75, 3.05) is 13.2 Å². The lowest BCUT2D eigenvalue weighted by Gasteiger charge is -2.19. The zero-order chi connectivity index (χ0) is 17.7. The molecule has 1 aromatic rings. The van der Waals surface area contributed by atoms with Crippen LogP contribution in [0.15, 0.2) is 24.3 Å². The van der Waals surface area contributed by atoms with E-state index in [4.69, 9.17) is 9.47 Å². The molecule has 23 heavy (non-hydrogen) atoms. The van der Waals surface area contributed by atoms with Gasteiger partial charge in [0.1, 0.15) is 0 Å². The van der Waals surface area contributed by atoms with E-state index in [0.717, 1.165) is 6.42 Å². The minimum absolute atomic E-state index is 0.0887. The van der Waals surface area contributed by atoms with Crippen LogP contribution in [0, 0.1) is 10.8 Å². The smallest absolute Gasteiger partial charge is 0.339 e. The van der Waals surface area contributed by atoms with E-state index in [1.807, 2.05) is 20.8 Å². The number of benzene rings is 1. The molecule has 4 nitrogen and oxygen atoms in total. The first kappa shape index (κ1) is 19.2. The van der Waals surface area contributed by atoms with Gasteiger partial charge in [-0.05, 0) is 29.4 Å². The van der Waals surface area contributed by atoms with Gasteiger partial charge in [-0.1, -0.05) is 53.7 Å². The van der Waals surface area contributed by atoms with Crippen LogP contribution in [-0.2, 0) is 9.47 Å². The molecule has 0 spiro atoms. The molecule has 1 aromatic carbocycles. The fourth-order valence-electron chi connectivity index (χ4n) is 1.73. The molecule has 0 aliphatic heterocycles. The predicted molar refractivity (Wildman–Crippen MR) is 90.5 cm³/mol. The Morgan fingerprint density at radius 3 is 1.74 bits per heavy atom. The second-order valence-corrected chi connectivity index (χ2v) is 8.13. The van der Waals surface area contributed by atoms with Gasteiger partial charge in [-0.2, -0.15) is 0 Å². The lowest BCUT2D eigenvalue weighted by molar-refractivity contribution is 0.0348. The number of carbonyl (C=O) groups excluding carboxylic acids is 2. The van der Waals surface area contributed by atoms with Crippen molar-refractivity contribution >= 4 is 11.9 Å². The molecule has 128 valence electrons. The summed E-state index contributed by atoms with van der Waals surface area (Å²) in [5, 5.41) is 0. The molecule has 0 atom stereocenters. The van der Waals surface area contributed by atoms with Crippen LogP contribution in [0.4, 0.5) is 0 Å². The van der Waals surface area contributed by atoms with E-state index >= 15 is 0 Å². The van der Waals surface area contributed by atoms with Crippen molar-refractivity contribution in [3.63, 3.8) is 0 Å². The van der Waals surface area contributed by atoms with E-state index in [9.17, 15) is 9.59 Å². The molecule has 1 rings (SSSR count). The molecule has 0 heterocycles. The summed E-state index contributed by atoms with van der Waals surface area (Å²) in [6.07, 6.45) is 0.759. The van der Waals surface area contributed by atoms with Crippen molar-refractivity contribution in [2.45, 2.75) is 48.0 Å². The zero-order valence-corrected chi connectivity index (χ0v) is 15.1. The van der Waals surface area contributed by atoms with Crippen molar-refractivity contribution in [2.24, 2.45) is 10.8 Å². The van der Waals surface area contributed by atoms with Crippen molar-refractivity contribution in [3.05, 3.63) is 35.4 Å². The Morgan fingerprint density at radius 2 is 1.30 bits per heavy atom. The molecule has 4 heteroatoms.